The molecule has 4 rings (SSSR count). The number of thioether (sulfide) groups is 1. The van der Waals surface area contributed by atoms with Crippen LogP contribution in [-0.2, 0) is 22.4 Å². The van der Waals surface area contributed by atoms with Crippen LogP contribution < -0.4 is 5.32 Å². The van der Waals surface area contributed by atoms with Crippen LogP contribution in [0.3, 0.4) is 0 Å². The molecular formula is C20H21N3O3S3. The van der Waals surface area contributed by atoms with E-state index in [1.165, 1.54) is 32.9 Å². The van der Waals surface area contributed by atoms with Crippen LogP contribution in [0.4, 0.5) is 5.00 Å². The first-order chi connectivity index (χ1) is 14.0. The van der Waals surface area contributed by atoms with Crippen molar-refractivity contribution in [2.45, 2.75) is 45.1 Å². The van der Waals surface area contributed by atoms with E-state index in [-0.39, 0.29) is 17.6 Å². The maximum absolute atomic E-state index is 12.7. The summed E-state index contributed by atoms with van der Waals surface area (Å²) in [6.45, 7) is 6.22. The number of esters is 1. The Bertz CT molecular complexity index is 1100. The molecule has 3 aromatic heterocycles. The summed E-state index contributed by atoms with van der Waals surface area (Å²) in [5, 5.41) is 5.37. The van der Waals surface area contributed by atoms with Crippen molar-refractivity contribution >= 4 is 61.5 Å². The Kier molecular flexibility index (Phi) is 5.89. The van der Waals surface area contributed by atoms with Crippen molar-refractivity contribution in [3.8, 4) is 0 Å². The molecule has 0 spiro atoms. The fourth-order valence-corrected chi connectivity index (χ4v) is 6.68. The Morgan fingerprint density at radius 2 is 2.07 bits per heavy atom. The smallest absolute Gasteiger partial charge is 0.341 e. The molecule has 0 unspecified atom stereocenters. The molecule has 6 nitrogen and oxygen atoms in total. The number of amides is 1. The lowest BCUT2D eigenvalue weighted by molar-refractivity contribution is -0.113. The number of aromatic nitrogens is 2. The standard InChI is InChI=1S/C20H21N3O3S3/c1-4-26-20(25)16-12-6-5-7-13(12)29-19(16)23-14(24)8-27-17-15-10(2)11(3)28-18(15)22-9-21-17/h9H,4-8H2,1-3H3,(H,23,24). The molecule has 0 radical (unpaired) electrons. The molecule has 3 aromatic rings. The van der Waals surface area contributed by atoms with Crippen LogP contribution in [0.1, 0.15) is 44.6 Å². The quantitative estimate of drug-likeness (QED) is 0.333. The summed E-state index contributed by atoms with van der Waals surface area (Å²) in [7, 11) is 0. The predicted molar refractivity (Wildman–Crippen MR) is 119 cm³/mol. The molecule has 0 aliphatic heterocycles. The molecule has 0 saturated carbocycles. The summed E-state index contributed by atoms with van der Waals surface area (Å²) in [6, 6.07) is 0. The topological polar surface area (TPSA) is 81.2 Å². The van der Waals surface area contributed by atoms with Gasteiger partial charge in [-0.1, -0.05) is 11.8 Å². The van der Waals surface area contributed by atoms with Gasteiger partial charge in [-0.05, 0) is 51.2 Å². The van der Waals surface area contributed by atoms with Gasteiger partial charge in [-0.2, -0.15) is 0 Å². The van der Waals surface area contributed by atoms with Crippen LogP contribution in [0.25, 0.3) is 10.2 Å². The highest BCUT2D eigenvalue weighted by atomic mass is 32.2. The number of hydrogen-bond donors (Lipinski definition) is 1. The van der Waals surface area contributed by atoms with Crippen molar-refractivity contribution in [1.29, 1.82) is 0 Å². The van der Waals surface area contributed by atoms with Gasteiger partial charge >= 0.3 is 5.97 Å². The van der Waals surface area contributed by atoms with E-state index < -0.39 is 0 Å². The summed E-state index contributed by atoms with van der Waals surface area (Å²) >= 11 is 4.53. The Hall–Kier alpha value is -1.97. The fourth-order valence-electron chi connectivity index (χ4n) is 3.47. The van der Waals surface area contributed by atoms with Gasteiger partial charge in [0.1, 0.15) is 21.2 Å². The van der Waals surface area contributed by atoms with Crippen LogP contribution in [0.5, 0.6) is 0 Å². The molecule has 0 aromatic carbocycles. The van der Waals surface area contributed by atoms with E-state index in [9.17, 15) is 9.59 Å². The molecule has 0 fully saturated rings. The van der Waals surface area contributed by atoms with Crippen molar-refractivity contribution in [2.75, 3.05) is 17.7 Å². The number of carbonyl (C=O) groups excluding carboxylic acids is 2. The fraction of sp³-hybridized carbons (Fsp3) is 0.400. The first-order valence-corrected chi connectivity index (χ1v) is 12.1. The molecule has 1 amide bonds. The maximum atomic E-state index is 12.7. The number of carbonyl (C=O) groups is 2. The minimum absolute atomic E-state index is 0.156. The third-order valence-corrected chi connectivity index (χ3v) is 8.24. The Morgan fingerprint density at radius 1 is 1.24 bits per heavy atom. The monoisotopic (exact) mass is 447 g/mol. The van der Waals surface area contributed by atoms with Crippen LogP contribution >= 0.6 is 34.4 Å². The molecule has 0 atom stereocenters. The number of ether oxygens (including phenoxy) is 1. The average Bonchev–Trinajstić information content (AvgIpc) is 3.34. The second-order valence-electron chi connectivity index (χ2n) is 6.76. The Labute approximate surface area is 181 Å². The van der Waals surface area contributed by atoms with Crippen molar-refractivity contribution in [1.82, 2.24) is 9.97 Å². The van der Waals surface area contributed by atoms with E-state index in [0.29, 0.717) is 17.2 Å². The molecule has 1 aliphatic rings. The number of thiophene rings is 2. The first-order valence-electron chi connectivity index (χ1n) is 9.44. The Balaban J connectivity index is 1.51. The summed E-state index contributed by atoms with van der Waals surface area (Å²) in [6.07, 6.45) is 4.40. The van der Waals surface area contributed by atoms with Gasteiger partial charge in [-0.3, -0.25) is 4.79 Å². The number of nitrogens with one attached hydrogen (secondary N) is 1. The largest absolute Gasteiger partial charge is 0.462 e. The van der Waals surface area contributed by atoms with Crippen LogP contribution in [0.2, 0.25) is 0 Å². The SMILES string of the molecule is CCOC(=O)c1c(NC(=O)CSc2ncnc3sc(C)c(C)c23)sc2c1CCC2. The van der Waals surface area contributed by atoms with Gasteiger partial charge in [0.2, 0.25) is 5.91 Å². The zero-order valence-corrected chi connectivity index (χ0v) is 18.9. The second kappa shape index (κ2) is 8.41. The van der Waals surface area contributed by atoms with Crippen LogP contribution in [-0.4, -0.2) is 34.2 Å². The molecule has 9 heteroatoms. The molecule has 29 heavy (non-hydrogen) atoms. The lowest BCUT2D eigenvalue weighted by atomic mass is 10.1. The lowest BCUT2D eigenvalue weighted by Gasteiger charge is -2.08. The van der Waals surface area contributed by atoms with Crippen molar-refractivity contribution in [3.63, 3.8) is 0 Å². The number of nitrogens with zero attached hydrogens (tertiary/aromatic N) is 2. The van der Waals surface area contributed by atoms with E-state index in [1.807, 2.05) is 0 Å². The highest BCUT2D eigenvalue weighted by molar-refractivity contribution is 8.00. The molecule has 3 heterocycles. The van der Waals surface area contributed by atoms with Gasteiger partial charge in [-0.25, -0.2) is 14.8 Å². The van der Waals surface area contributed by atoms with E-state index in [1.54, 1.807) is 24.6 Å². The van der Waals surface area contributed by atoms with E-state index in [0.717, 1.165) is 45.6 Å². The minimum Gasteiger partial charge on any atom is -0.462 e. The van der Waals surface area contributed by atoms with E-state index in [2.05, 4.69) is 29.1 Å². The number of hydrogen-bond acceptors (Lipinski definition) is 8. The number of fused-ring (bicyclic) bond motifs is 2. The van der Waals surface area contributed by atoms with E-state index in [4.69, 9.17) is 4.74 Å². The highest BCUT2D eigenvalue weighted by Crippen LogP contribution is 2.40. The molecule has 0 bridgehead atoms. The van der Waals surface area contributed by atoms with Crippen LogP contribution in [0, 0.1) is 13.8 Å². The number of anilines is 1. The zero-order chi connectivity index (χ0) is 20.5. The van der Waals surface area contributed by atoms with Crippen LogP contribution in [0.15, 0.2) is 11.4 Å². The second-order valence-corrected chi connectivity index (χ2v) is 10.0. The minimum atomic E-state index is -0.350. The van der Waals surface area contributed by atoms with Crippen molar-refractivity contribution < 1.29 is 14.3 Å². The Morgan fingerprint density at radius 3 is 2.86 bits per heavy atom. The summed E-state index contributed by atoms with van der Waals surface area (Å²) < 4.78 is 5.22. The summed E-state index contributed by atoms with van der Waals surface area (Å²) in [5.74, 6) is -0.292. The van der Waals surface area contributed by atoms with Gasteiger partial charge in [0.15, 0.2) is 0 Å². The molecule has 0 saturated heterocycles. The first kappa shape index (κ1) is 20.3. The molecule has 1 N–H and O–H groups in total. The lowest BCUT2D eigenvalue weighted by Crippen LogP contribution is -2.16. The molecular weight excluding hydrogens is 426 g/mol. The van der Waals surface area contributed by atoms with Crippen molar-refractivity contribution in [3.05, 3.63) is 32.8 Å². The molecule has 1 aliphatic carbocycles. The molecule has 152 valence electrons. The zero-order valence-electron chi connectivity index (χ0n) is 16.5. The number of aryl methyl sites for hydroxylation is 3. The third-order valence-electron chi connectivity index (χ3n) is 4.92. The van der Waals surface area contributed by atoms with Gasteiger partial charge < -0.3 is 10.1 Å². The number of rotatable bonds is 6. The normalized spacial score (nSPS) is 12.9. The van der Waals surface area contributed by atoms with Gasteiger partial charge in [-0.15, -0.1) is 22.7 Å². The maximum Gasteiger partial charge on any atom is 0.341 e. The van der Waals surface area contributed by atoms with Gasteiger partial charge in [0.25, 0.3) is 0 Å². The summed E-state index contributed by atoms with van der Waals surface area (Å²) in [4.78, 5) is 37.1. The van der Waals surface area contributed by atoms with Gasteiger partial charge in [0.05, 0.1) is 17.9 Å². The van der Waals surface area contributed by atoms with Crippen molar-refractivity contribution in [2.24, 2.45) is 0 Å². The summed E-state index contributed by atoms with van der Waals surface area (Å²) in [5.41, 5.74) is 2.74. The predicted octanol–water partition coefficient (Wildman–Crippen LogP) is 4.77. The van der Waals surface area contributed by atoms with E-state index >= 15 is 0 Å². The van der Waals surface area contributed by atoms with Gasteiger partial charge in [0, 0.05) is 15.1 Å². The third kappa shape index (κ3) is 3.91. The highest BCUT2D eigenvalue weighted by Gasteiger charge is 2.28. The average molecular weight is 448 g/mol.